The molecule has 0 spiro atoms. The number of alkyl halides is 3. The van der Waals surface area contributed by atoms with Crippen LogP contribution in [0, 0.1) is 11.8 Å². The van der Waals surface area contributed by atoms with Crippen LogP contribution >= 0.6 is 0 Å². The number of allylic oxidation sites excluding steroid dienone is 1. The first-order chi connectivity index (χ1) is 12.4. The topological polar surface area (TPSA) is 0 Å². The fraction of sp³-hybridized carbons (Fsp3) is 0.130. The molecule has 0 atom stereocenters. The molecule has 0 unspecified atom stereocenters. The lowest BCUT2D eigenvalue weighted by molar-refractivity contribution is -0.0696. The quantitative estimate of drug-likeness (QED) is 0.370. The van der Waals surface area contributed by atoms with E-state index < -0.39 is 6.18 Å². The summed E-state index contributed by atoms with van der Waals surface area (Å²) in [5.41, 5.74) is 3.80. The van der Waals surface area contributed by atoms with Crippen molar-refractivity contribution in [2.24, 2.45) is 0 Å². The molecule has 0 aliphatic heterocycles. The standard InChI is InChI=1S/C23H17F3/c1-2-3-4-17-5-8-19(9-6-17)21-12-11-20-15-18(7-10-22(20)16-21)13-14-23(24,25)26/h2,5-12,15-16H,1,3-4H2. The highest BCUT2D eigenvalue weighted by molar-refractivity contribution is 5.88. The Bertz CT molecular complexity index is 984. The van der Waals surface area contributed by atoms with Crippen LogP contribution in [-0.2, 0) is 6.42 Å². The highest BCUT2D eigenvalue weighted by atomic mass is 19.4. The molecule has 0 saturated carbocycles. The number of aryl methyl sites for hydroxylation is 1. The van der Waals surface area contributed by atoms with E-state index in [0.29, 0.717) is 5.56 Å². The van der Waals surface area contributed by atoms with E-state index in [2.05, 4.69) is 36.8 Å². The van der Waals surface area contributed by atoms with E-state index in [1.807, 2.05) is 24.3 Å². The van der Waals surface area contributed by atoms with Gasteiger partial charge in [0.1, 0.15) is 0 Å². The zero-order chi connectivity index (χ0) is 18.6. The Morgan fingerprint density at radius 2 is 1.50 bits per heavy atom. The predicted molar refractivity (Wildman–Crippen MR) is 101 cm³/mol. The fourth-order valence-electron chi connectivity index (χ4n) is 2.78. The van der Waals surface area contributed by atoms with Gasteiger partial charge in [0, 0.05) is 11.5 Å². The third-order valence-electron chi connectivity index (χ3n) is 4.11. The summed E-state index contributed by atoms with van der Waals surface area (Å²) in [6, 6.07) is 19.4. The van der Waals surface area contributed by atoms with Gasteiger partial charge < -0.3 is 0 Å². The molecule has 3 aromatic rings. The maximum Gasteiger partial charge on any atom is 0.458 e. The summed E-state index contributed by atoms with van der Waals surface area (Å²) >= 11 is 0. The Kier molecular flexibility index (Phi) is 5.14. The van der Waals surface area contributed by atoms with Gasteiger partial charge in [-0.1, -0.05) is 54.5 Å². The Balaban J connectivity index is 1.87. The number of fused-ring (bicyclic) bond motifs is 1. The van der Waals surface area contributed by atoms with Crippen LogP contribution in [0.3, 0.4) is 0 Å². The average Bonchev–Trinajstić information content (AvgIpc) is 2.64. The van der Waals surface area contributed by atoms with Gasteiger partial charge in [0.2, 0.25) is 0 Å². The second kappa shape index (κ2) is 7.49. The largest absolute Gasteiger partial charge is 0.458 e. The van der Waals surface area contributed by atoms with Crippen LogP contribution in [0.5, 0.6) is 0 Å². The van der Waals surface area contributed by atoms with Gasteiger partial charge in [0.05, 0.1) is 0 Å². The first-order valence-electron chi connectivity index (χ1n) is 8.28. The number of halogens is 3. The molecule has 0 aliphatic rings. The van der Waals surface area contributed by atoms with Crippen molar-refractivity contribution in [3.63, 3.8) is 0 Å². The predicted octanol–water partition coefficient (Wildman–Crippen LogP) is 6.54. The van der Waals surface area contributed by atoms with Gasteiger partial charge >= 0.3 is 6.18 Å². The second-order valence-electron chi connectivity index (χ2n) is 6.05. The molecule has 0 heterocycles. The monoisotopic (exact) mass is 350 g/mol. The van der Waals surface area contributed by atoms with Gasteiger partial charge in [0.15, 0.2) is 0 Å². The van der Waals surface area contributed by atoms with Gasteiger partial charge in [-0.05, 0) is 58.5 Å². The summed E-state index contributed by atoms with van der Waals surface area (Å²) in [4.78, 5) is 0. The Morgan fingerprint density at radius 3 is 2.19 bits per heavy atom. The maximum atomic E-state index is 12.2. The van der Waals surface area contributed by atoms with Gasteiger partial charge in [-0.25, -0.2) is 0 Å². The summed E-state index contributed by atoms with van der Waals surface area (Å²) in [5.74, 6) is 3.47. The van der Waals surface area contributed by atoms with Gasteiger partial charge in [-0.15, -0.1) is 6.58 Å². The zero-order valence-electron chi connectivity index (χ0n) is 14.1. The molecule has 0 fully saturated rings. The average molecular weight is 350 g/mol. The third kappa shape index (κ3) is 4.55. The molecule has 3 rings (SSSR count). The SMILES string of the molecule is C=CCCc1ccc(-c2ccc3cc(C#CC(F)(F)F)ccc3c2)cc1. The molecule has 3 aromatic carbocycles. The van der Waals surface area contributed by atoms with Crippen molar-refractivity contribution in [3.05, 3.63) is 84.4 Å². The summed E-state index contributed by atoms with van der Waals surface area (Å²) in [7, 11) is 0. The molecular weight excluding hydrogens is 333 g/mol. The Hall–Kier alpha value is -2.99. The molecule has 26 heavy (non-hydrogen) atoms. The smallest absolute Gasteiger partial charge is 0.159 e. The van der Waals surface area contributed by atoms with Crippen LogP contribution < -0.4 is 0 Å². The minimum absolute atomic E-state index is 0.356. The van der Waals surface area contributed by atoms with Gasteiger partial charge in [-0.2, -0.15) is 13.2 Å². The third-order valence-corrected chi connectivity index (χ3v) is 4.11. The van der Waals surface area contributed by atoms with E-state index >= 15 is 0 Å². The maximum absolute atomic E-state index is 12.2. The molecule has 0 bridgehead atoms. The number of hydrogen-bond acceptors (Lipinski definition) is 0. The van der Waals surface area contributed by atoms with Crippen LogP contribution in [0.25, 0.3) is 21.9 Å². The van der Waals surface area contributed by atoms with Crippen molar-refractivity contribution in [3.8, 4) is 23.0 Å². The van der Waals surface area contributed by atoms with E-state index in [1.54, 1.807) is 18.2 Å². The molecule has 0 amide bonds. The zero-order valence-corrected chi connectivity index (χ0v) is 14.1. The highest BCUT2D eigenvalue weighted by Crippen LogP contribution is 2.26. The van der Waals surface area contributed by atoms with Crippen molar-refractivity contribution < 1.29 is 13.2 Å². The van der Waals surface area contributed by atoms with Crippen LogP contribution in [0.1, 0.15) is 17.5 Å². The summed E-state index contributed by atoms with van der Waals surface area (Å²) < 4.78 is 36.6. The van der Waals surface area contributed by atoms with Gasteiger partial charge in [-0.3, -0.25) is 0 Å². The first kappa shape index (κ1) is 17.8. The lowest BCUT2D eigenvalue weighted by Crippen LogP contribution is -2.01. The molecular formula is C23H17F3. The van der Waals surface area contributed by atoms with E-state index in [1.165, 1.54) is 11.5 Å². The molecule has 0 nitrogen and oxygen atoms in total. The normalized spacial score (nSPS) is 11.0. The van der Waals surface area contributed by atoms with E-state index in [0.717, 1.165) is 34.7 Å². The van der Waals surface area contributed by atoms with E-state index in [-0.39, 0.29) is 0 Å². The Labute approximate surface area is 151 Å². The number of benzene rings is 3. The van der Waals surface area contributed by atoms with Crippen molar-refractivity contribution in [1.29, 1.82) is 0 Å². The summed E-state index contributed by atoms with van der Waals surface area (Å²) in [6.07, 6.45) is -0.640. The second-order valence-corrected chi connectivity index (χ2v) is 6.05. The summed E-state index contributed by atoms with van der Waals surface area (Å²) in [5, 5.41) is 1.83. The number of hydrogen-bond donors (Lipinski definition) is 0. The fourth-order valence-corrected chi connectivity index (χ4v) is 2.78. The molecule has 0 N–H and O–H groups in total. The molecule has 0 saturated heterocycles. The lowest BCUT2D eigenvalue weighted by Gasteiger charge is -2.06. The molecule has 0 aromatic heterocycles. The van der Waals surface area contributed by atoms with Crippen molar-refractivity contribution >= 4 is 10.8 Å². The minimum Gasteiger partial charge on any atom is -0.159 e. The molecule has 3 heteroatoms. The highest BCUT2D eigenvalue weighted by Gasteiger charge is 2.22. The summed E-state index contributed by atoms with van der Waals surface area (Å²) in [6.45, 7) is 3.74. The van der Waals surface area contributed by atoms with Crippen LogP contribution in [0.15, 0.2) is 73.3 Å². The Morgan fingerprint density at radius 1 is 0.846 bits per heavy atom. The number of rotatable bonds is 4. The van der Waals surface area contributed by atoms with Crippen LogP contribution in [0.2, 0.25) is 0 Å². The van der Waals surface area contributed by atoms with E-state index in [4.69, 9.17) is 0 Å². The van der Waals surface area contributed by atoms with Gasteiger partial charge in [0.25, 0.3) is 0 Å². The van der Waals surface area contributed by atoms with E-state index in [9.17, 15) is 13.2 Å². The molecule has 0 radical (unpaired) electrons. The van der Waals surface area contributed by atoms with Crippen molar-refractivity contribution in [2.45, 2.75) is 19.0 Å². The van der Waals surface area contributed by atoms with Crippen LogP contribution in [0.4, 0.5) is 13.2 Å². The van der Waals surface area contributed by atoms with Crippen molar-refractivity contribution in [2.75, 3.05) is 0 Å². The minimum atomic E-state index is -4.48. The first-order valence-corrected chi connectivity index (χ1v) is 8.28. The van der Waals surface area contributed by atoms with Crippen LogP contribution in [-0.4, -0.2) is 6.18 Å². The molecule has 130 valence electrons. The van der Waals surface area contributed by atoms with Crippen molar-refractivity contribution in [1.82, 2.24) is 0 Å². The lowest BCUT2D eigenvalue weighted by atomic mass is 9.98. The molecule has 0 aliphatic carbocycles.